The Bertz CT molecular complexity index is 362. The summed E-state index contributed by atoms with van der Waals surface area (Å²) < 4.78 is 0. The van der Waals surface area contributed by atoms with Crippen molar-refractivity contribution in [2.75, 3.05) is 0 Å². The van der Waals surface area contributed by atoms with Crippen molar-refractivity contribution in [1.29, 1.82) is 0 Å². The van der Waals surface area contributed by atoms with Crippen molar-refractivity contribution in [2.24, 2.45) is 11.3 Å². The van der Waals surface area contributed by atoms with E-state index in [-0.39, 0.29) is 11.3 Å². The molecule has 0 aromatic heterocycles. The lowest BCUT2D eigenvalue weighted by Crippen LogP contribution is -2.37. The highest BCUT2D eigenvalue weighted by atomic mass is 16.3. The summed E-state index contributed by atoms with van der Waals surface area (Å²) in [5.41, 5.74) is 0.342. The van der Waals surface area contributed by atoms with Crippen molar-refractivity contribution in [2.45, 2.75) is 46.6 Å². The van der Waals surface area contributed by atoms with Crippen LogP contribution in [-0.2, 0) is 11.5 Å². The van der Waals surface area contributed by atoms with Gasteiger partial charge in [-0.05, 0) is 31.2 Å². The van der Waals surface area contributed by atoms with E-state index in [0.717, 1.165) is 6.42 Å². The summed E-state index contributed by atoms with van der Waals surface area (Å²) in [4.78, 5) is 0. The minimum atomic E-state index is -0.939. The van der Waals surface area contributed by atoms with E-state index in [2.05, 4.69) is 45.1 Å². The number of hydrogen-bond acceptors (Lipinski definition) is 0. The standard InChI is InChI=1S/C17H25O/c1-16(2,3)15(17(4,5)18)13-9-12-14-10-7-6-8-11-14/h6-11,13,15H,12H2,1-5H3/b13-9+/t15-/m0/s1. The molecule has 1 aromatic rings. The zero-order valence-electron chi connectivity index (χ0n) is 12.2. The summed E-state index contributed by atoms with van der Waals surface area (Å²) in [5, 5.41) is 12.2. The lowest BCUT2D eigenvalue weighted by Gasteiger charge is -2.35. The topological polar surface area (TPSA) is 19.9 Å². The molecular formula is C17H25O. The molecule has 0 saturated carbocycles. The van der Waals surface area contributed by atoms with Crippen LogP contribution in [0.5, 0.6) is 0 Å². The first-order valence-electron chi connectivity index (χ1n) is 6.62. The molecule has 0 unspecified atom stereocenters. The molecule has 0 N–H and O–H groups in total. The van der Waals surface area contributed by atoms with Crippen LogP contribution < -0.4 is 0 Å². The van der Waals surface area contributed by atoms with Gasteiger partial charge in [0, 0.05) is 5.92 Å². The van der Waals surface area contributed by atoms with E-state index in [9.17, 15) is 5.11 Å². The molecule has 1 heteroatoms. The van der Waals surface area contributed by atoms with Gasteiger partial charge >= 0.3 is 0 Å². The summed E-state index contributed by atoms with van der Waals surface area (Å²) in [6.45, 7) is 9.93. The fourth-order valence-corrected chi connectivity index (χ4v) is 2.52. The smallest absolute Gasteiger partial charge is 0.105 e. The third-order valence-corrected chi connectivity index (χ3v) is 3.21. The maximum absolute atomic E-state index is 12.2. The number of allylic oxidation sites excluding steroid dienone is 1. The minimum Gasteiger partial charge on any atom is -0.229 e. The first kappa shape index (κ1) is 15.0. The molecule has 18 heavy (non-hydrogen) atoms. The maximum atomic E-state index is 12.2. The van der Waals surface area contributed by atoms with Gasteiger partial charge in [-0.1, -0.05) is 63.3 Å². The van der Waals surface area contributed by atoms with E-state index in [4.69, 9.17) is 0 Å². The maximum Gasteiger partial charge on any atom is 0.105 e. The largest absolute Gasteiger partial charge is 0.229 e. The summed E-state index contributed by atoms with van der Waals surface area (Å²) >= 11 is 0. The Kier molecular flexibility index (Phi) is 4.75. The molecule has 1 aromatic carbocycles. The fourth-order valence-electron chi connectivity index (χ4n) is 2.52. The molecule has 0 amide bonds. The molecule has 1 nitrogen and oxygen atoms in total. The van der Waals surface area contributed by atoms with Gasteiger partial charge in [-0.2, -0.15) is 0 Å². The van der Waals surface area contributed by atoms with E-state index in [1.54, 1.807) is 13.8 Å². The molecule has 0 aliphatic carbocycles. The van der Waals surface area contributed by atoms with Crippen LogP contribution >= 0.6 is 0 Å². The Balaban J connectivity index is 2.74. The summed E-state index contributed by atoms with van der Waals surface area (Å²) in [5.74, 6) is 0.0358. The average molecular weight is 245 g/mol. The van der Waals surface area contributed by atoms with Gasteiger partial charge in [0.25, 0.3) is 0 Å². The summed E-state index contributed by atoms with van der Waals surface area (Å²) in [6, 6.07) is 10.3. The van der Waals surface area contributed by atoms with Crippen molar-refractivity contribution >= 4 is 0 Å². The number of rotatable bonds is 4. The van der Waals surface area contributed by atoms with Crippen molar-refractivity contribution in [3.8, 4) is 0 Å². The van der Waals surface area contributed by atoms with Gasteiger partial charge in [-0.3, -0.25) is 0 Å². The first-order valence-corrected chi connectivity index (χ1v) is 6.62. The van der Waals surface area contributed by atoms with Crippen molar-refractivity contribution in [3.63, 3.8) is 0 Å². The van der Waals surface area contributed by atoms with Crippen LogP contribution in [0.4, 0.5) is 0 Å². The fraction of sp³-hybridized carbons (Fsp3) is 0.529. The highest BCUT2D eigenvalue weighted by Gasteiger charge is 2.35. The molecule has 0 spiro atoms. The zero-order chi connectivity index (χ0) is 13.8. The zero-order valence-corrected chi connectivity index (χ0v) is 12.2. The molecule has 1 rings (SSSR count). The molecule has 0 bridgehead atoms. The van der Waals surface area contributed by atoms with Gasteiger partial charge in [0.2, 0.25) is 0 Å². The Morgan fingerprint density at radius 2 is 1.61 bits per heavy atom. The summed E-state index contributed by atoms with van der Waals surface area (Å²) in [6.07, 6.45) is 5.12. The van der Waals surface area contributed by atoms with Gasteiger partial charge in [-0.15, -0.1) is 0 Å². The molecule has 1 atom stereocenters. The quantitative estimate of drug-likeness (QED) is 0.688. The van der Waals surface area contributed by atoms with E-state index in [0.29, 0.717) is 0 Å². The third kappa shape index (κ3) is 4.66. The highest BCUT2D eigenvalue weighted by Crippen LogP contribution is 2.36. The predicted molar refractivity (Wildman–Crippen MR) is 77.0 cm³/mol. The monoisotopic (exact) mass is 245 g/mol. The van der Waals surface area contributed by atoms with E-state index >= 15 is 0 Å². The van der Waals surface area contributed by atoms with Gasteiger partial charge in [0.1, 0.15) is 5.60 Å². The van der Waals surface area contributed by atoms with E-state index in [1.165, 1.54) is 5.56 Å². The highest BCUT2D eigenvalue weighted by molar-refractivity contribution is 5.18. The molecule has 99 valence electrons. The van der Waals surface area contributed by atoms with Gasteiger partial charge in [0.15, 0.2) is 0 Å². The van der Waals surface area contributed by atoms with Gasteiger partial charge in [-0.25, -0.2) is 5.11 Å². The van der Waals surface area contributed by atoms with Crippen LogP contribution in [0.2, 0.25) is 0 Å². The third-order valence-electron chi connectivity index (χ3n) is 3.21. The van der Waals surface area contributed by atoms with Crippen LogP contribution in [0, 0.1) is 11.3 Å². The van der Waals surface area contributed by atoms with Crippen LogP contribution in [0.15, 0.2) is 42.5 Å². The Hall–Kier alpha value is -1.08. The number of benzene rings is 1. The SMILES string of the molecule is CC(C)(C)[C@H](/C=C/Cc1ccccc1)C(C)(C)[O]. The Morgan fingerprint density at radius 1 is 1.06 bits per heavy atom. The lowest BCUT2D eigenvalue weighted by atomic mass is 9.72. The molecule has 0 aliphatic heterocycles. The van der Waals surface area contributed by atoms with E-state index < -0.39 is 5.60 Å². The minimum absolute atomic E-state index is 0.00155. The van der Waals surface area contributed by atoms with Crippen LogP contribution in [0.3, 0.4) is 0 Å². The average Bonchev–Trinajstić information content (AvgIpc) is 2.22. The van der Waals surface area contributed by atoms with Crippen molar-refractivity contribution in [3.05, 3.63) is 48.0 Å². The van der Waals surface area contributed by atoms with E-state index in [1.807, 2.05) is 18.2 Å². The van der Waals surface area contributed by atoms with Crippen LogP contribution in [0.1, 0.15) is 40.2 Å². The molecule has 0 fully saturated rings. The second-order valence-corrected chi connectivity index (χ2v) is 6.57. The van der Waals surface area contributed by atoms with Gasteiger partial charge < -0.3 is 0 Å². The molecule has 1 radical (unpaired) electrons. The second-order valence-electron chi connectivity index (χ2n) is 6.57. The van der Waals surface area contributed by atoms with Gasteiger partial charge in [0.05, 0.1) is 0 Å². The lowest BCUT2D eigenvalue weighted by molar-refractivity contribution is -0.0638. The number of hydrogen-bond donors (Lipinski definition) is 0. The Morgan fingerprint density at radius 3 is 2.06 bits per heavy atom. The first-order chi connectivity index (χ1) is 8.21. The van der Waals surface area contributed by atoms with Crippen molar-refractivity contribution < 1.29 is 5.11 Å². The predicted octanol–water partition coefficient (Wildman–Crippen LogP) is 4.66. The summed E-state index contributed by atoms with van der Waals surface area (Å²) in [7, 11) is 0. The van der Waals surface area contributed by atoms with Crippen LogP contribution in [0.25, 0.3) is 0 Å². The molecule has 0 heterocycles. The molecule has 0 aliphatic rings. The molecule has 0 saturated heterocycles. The normalized spacial score (nSPS) is 15.0. The van der Waals surface area contributed by atoms with Crippen LogP contribution in [-0.4, -0.2) is 5.60 Å². The van der Waals surface area contributed by atoms with Crippen molar-refractivity contribution in [1.82, 2.24) is 0 Å². The second kappa shape index (κ2) is 5.71. The Labute approximate surface area is 112 Å². The molecular weight excluding hydrogens is 220 g/mol.